The zero-order valence-electron chi connectivity index (χ0n) is 17.8. The molecule has 0 spiro atoms. The second-order valence-corrected chi connectivity index (χ2v) is 8.88. The van der Waals surface area contributed by atoms with Gasteiger partial charge in [0.15, 0.2) is 0 Å². The number of carbonyl (C=O) groups excluding carboxylic acids is 2. The number of piperidine rings is 1. The van der Waals surface area contributed by atoms with E-state index in [1.807, 2.05) is 48.5 Å². The number of benzene rings is 2. The molecule has 1 heterocycles. The van der Waals surface area contributed by atoms with Gasteiger partial charge in [0.1, 0.15) is 6.61 Å². The normalized spacial score (nSPS) is 23.5. The highest BCUT2D eigenvalue weighted by Gasteiger charge is 2.62. The summed E-state index contributed by atoms with van der Waals surface area (Å²) in [5.41, 5.74) is 3.76. The molecule has 178 valence electrons. The van der Waals surface area contributed by atoms with Crippen molar-refractivity contribution < 1.29 is 37.4 Å². The van der Waals surface area contributed by atoms with Crippen molar-refractivity contribution in [2.45, 2.75) is 18.1 Å². The summed E-state index contributed by atoms with van der Waals surface area (Å²) in [5.74, 6) is -3.96. The number of hydrogen-bond donors (Lipinski definition) is 2. The number of alkyl halides is 3. The number of fused-ring (bicyclic) bond motifs is 4. The topological polar surface area (TPSA) is 95.9 Å². The largest absolute Gasteiger partial charge is 0.481 e. The molecular weight excluding hydrogens is 453 g/mol. The lowest BCUT2D eigenvalue weighted by Crippen LogP contribution is -2.56. The highest BCUT2D eigenvalue weighted by molar-refractivity contribution is 5.87. The minimum absolute atomic E-state index is 0.0700. The van der Waals surface area contributed by atoms with Crippen LogP contribution in [-0.2, 0) is 14.3 Å². The molecule has 0 aromatic heterocycles. The first-order valence-electron chi connectivity index (χ1n) is 10.9. The summed E-state index contributed by atoms with van der Waals surface area (Å²) in [5, 5.41) is 10.7. The number of likely N-dealkylation sites (tertiary alicyclic amines) is 1. The van der Waals surface area contributed by atoms with Crippen LogP contribution in [-0.4, -0.2) is 59.9 Å². The van der Waals surface area contributed by atoms with E-state index in [-0.39, 0.29) is 37.5 Å². The van der Waals surface area contributed by atoms with Crippen LogP contribution in [0.4, 0.5) is 18.0 Å². The number of rotatable bonds is 5. The Morgan fingerprint density at radius 1 is 1.00 bits per heavy atom. The van der Waals surface area contributed by atoms with Crippen molar-refractivity contribution in [1.29, 1.82) is 0 Å². The second kappa shape index (κ2) is 8.03. The monoisotopic (exact) mass is 474 g/mol. The summed E-state index contributed by atoms with van der Waals surface area (Å²) in [6, 6.07) is 12.3. The molecule has 2 N–H and O–H groups in total. The molecule has 2 unspecified atom stereocenters. The van der Waals surface area contributed by atoms with E-state index in [1.54, 1.807) is 5.32 Å². The molecule has 2 aromatic carbocycles. The Morgan fingerprint density at radius 2 is 1.53 bits per heavy atom. The Hall–Kier alpha value is -3.56. The third-order valence-corrected chi connectivity index (χ3v) is 6.97. The lowest BCUT2D eigenvalue weighted by atomic mass is 9.98. The maximum absolute atomic E-state index is 13.6. The molecule has 3 aliphatic rings. The zero-order chi connectivity index (χ0) is 24.2. The summed E-state index contributed by atoms with van der Waals surface area (Å²) in [6.45, 7) is -0.328. The third-order valence-electron chi connectivity index (χ3n) is 6.97. The average Bonchev–Trinajstić information content (AvgIpc) is 3.15. The predicted octanol–water partition coefficient (Wildman–Crippen LogP) is 3.25. The van der Waals surface area contributed by atoms with Crippen LogP contribution in [0.3, 0.4) is 0 Å². The molecule has 4 atom stereocenters. The first-order valence-corrected chi connectivity index (χ1v) is 10.9. The SMILES string of the molecule is O=C(NC(C(=O)N1C[C@@H]2C(C(=O)O)[C@@H]2C1)C(F)(F)F)OCC1c2ccccc2-c2ccccc21. The van der Waals surface area contributed by atoms with Crippen LogP contribution in [0.2, 0.25) is 0 Å². The summed E-state index contributed by atoms with van der Waals surface area (Å²) in [6.07, 6.45) is -6.37. The van der Waals surface area contributed by atoms with Crippen molar-refractivity contribution in [3.8, 4) is 11.1 Å². The van der Waals surface area contributed by atoms with Crippen molar-refractivity contribution in [1.82, 2.24) is 10.2 Å². The fourth-order valence-corrected chi connectivity index (χ4v) is 5.30. The molecule has 34 heavy (non-hydrogen) atoms. The van der Waals surface area contributed by atoms with Gasteiger partial charge in [-0.2, -0.15) is 13.2 Å². The summed E-state index contributed by atoms with van der Waals surface area (Å²) >= 11 is 0. The molecule has 2 amide bonds. The minimum Gasteiger partial charge on any atom is -0.481 e. The van der Waals surface area contributed by atoms with Crippen molar-refractivity contribution in [3.05, 3.63) is 59.7 Å². The Balaban J connectivity index is 1.24. The van der Waals surface area contributed by atoms with Gasteiger partial charge in [-0.25, -0.2) is 4.79 Å². The molecule has 10 heteroatoms. The fourth-order valence-electron chi connectivity index (χ4n) is 5.30. The van der Waals surface area contributed by atoms with Crippen LogP contribution in [0.1, 0.15) is 17.0 Å². The van der Waals surface area contributed by atoms with Gasteiger partial charge in [-0.1, -0.05) is 48.5 Å². The molecule has 2 aliphatic carbocycles. The maximum Gasteiger partial charge on any atom is 0.417 e. The molecular formula is C24H21F3N2O5. The molecule has 1 aliphatic heterocycles. The van der Waals surface area contributed by atoms with Crippen molar-refractivity contribution in [2.24, 2.45) is 17.8 Å². The highest BCUT2D eigenvalue weighted by atomic mass is 19.4. The van der Waals surface area contributed by atoms with Gasteiger partial charge in [0.25, 0.3) is 5.91 Å². The molecule has 1 saturated heterocycles. The average molecular weight is 474 g/mol. The lowest BCUT2D eigenvalue weighted by Gasteiger charge is -2.27. The number of hydrogen-bond acceptors (Lipinski definition) is 4. The summed E-state index contributed by atoms with van der Waals surface area (Å²) < 4.78 is 46.0. The number of carboxylic acid groups (broad SMARTS) is 1. The number of amides is 2. The Kier molecular flexibility index (Phi) is 5.26. The quantitative estimate of drug-likeness (QED) is 0.694. The van der Waals surface area contributed by atoms with Gasteiger partial charge in [0.05, 0.1) is 5.92 Å². The Bertz CT molecular complexity index is 1110. The van der Waals surface area contributed by atoms with Gasteiger partial charge >= 0.3 is 18.2 Å². The second-order valence-electron chi connectivity index (χ2n) is 8.88. The third kappa shape index (κ3) is 3.76. The molecule has 1 saturated carbocycles. The number of halogens is 3. The minimum atomic E-state index is -5.03. The van der Waals surface area contributed by atoms with Gasteiger partial charge in [-0.15, -0.1) is 0 Å². The lowest BCUT2D eigenvalue weighted by molar-refractivity contribution is -0.174. The van der Waals surface area contributed by atoms with Crippen LogP contribution in [0.25, 0.3) is 11.1 Å². The maximum atomic E-state index is 13.6. The van der Waals surface area contributed by atoms with Crippen LogP contribution in [0.5, 0.6) is 0 Å². The van der Waals surface area contributed by atoms with Gasteiger partial charge < -0.3 is 20.1 Å². The van der Waals surface area contributed by atoms with Gasteiger partial charge in [-0.05, 0) is 34.1 Å². The number of carboxylic acids is 1. The van der Waals surface area contributed by atoms with E-state index in [9.17, 15) is 27.6 Å². The number of ether oxygens (including phenoxy) is 1. The van der Waals surface area contributed by atoms with Crippen LogP contribution in [0.15, 0.2) is 48.5 Å². The van der Waals surface area contributed by atoms with Crippen molar-refractivity contribution in [3.63, 3.8) is 0 Å². The zero-order valence-corrected chi connectivity index (χ0v) is 17.8. The standard InChI is InChI=1S/C24H21F3N2O5/c25-24(26,27)20(21(30)29-9-16-17(10-29)19(16)22(31)32)28-23(33)34-11-18-14-7-3-1-5-12(14)13-6-2-4-8-15(13)18/h1-8,16-20H,9-11H2,(H,28,33)(H,31,32)/t16-,17+,19?,20?. The number of nitrogens with zero attached hydrogens (tertiary/aromatic N) is 1. The number of nitrogens with one attached hydrogen (secondary N) is 1. The molecule has 0 radical (unpaired) electrons. The van der Waals surface area contributed by atoms with Gasteiger partial charge in [0.2, 0.25) is 6.04 Å². The molecule has 0 bridgehead atoms. The molecule has 5 rings (SSSR count). The van der Waals surface area contributed by atoms with E-state index in [4.69, 9.17) is 9.84 Å². The first-order chi connectivity index (χ1) is 16.2. The Morgan fingerprint density at radius 3 is 2.03 bits per heavy atom. The Labute approximate surface area is 192 Å². The first kappa shape index (κ1) is 22.2. The number of carbonyl (C=O) groups is 3. The van der Waals surface area contributed by atoms with E-state index in [0.717, 1.165) is 27.2 Å². The molecule has 7 nitrogen and oxygen atoms in total. The summed E-state index contributed by atoms with van der Waals surface area (Å²) in [7, 11) is 0. The van der Waals surface area contributed by atoms with E-state index < -0.39 is 36.1 Å². The number of alkyl carbamates (subject to hydrolysis) is 1. The van der Waals surface area contributed by atoms with E-state index in [2.05, 4.69) is 0 Å². The highest BCUT2D eigenvalue weighted by Crippen LogP contribution is 2.52. The van der Waals surface area contributed by atoms with Crippen LogP contribution in [0, 0.1) is 17.8 Å². The fraction of sp³-hybridized carbons (Fsp3) is 0.375. The van der Waals surface area contributed by atoms with E-state index >= 15 is 0 Å². The predicted molar refractivity (Wildman–Crippen MR) is 113 cm³/mol. The van der Waals surface area contributed by atoms with E-state index in [1.165, 1.54) is 0 Å². The van der Waals surface area contributed by atoms with Crippen LogP contribution >= 0.6 is 0 Å². The van der Waals surface area contributed by atoms with Crippen molar-refractivity contribution in [2.75, 3.05) is 19.7 Å². The van der Waals surface area contributed by atoms with Crippen LogP contribution < -0.4 is 5.32 Å². The van der Waals surface area contributed by atoms with Gasteiger partial charge in [-0.3, -0.25) is 9.59 Å². The van der Waals surface area contributed by atoms with Gasteiger partial charge in [0, 0.05) is 19.0 Å². The molecule has 2 aromatic rings. The number of aliphatic carboxylic acids is 1. The molecule has 2 fully saturated rings. The summed E-state index contributed by atoms with van der Waals surface area (Å²) in [4.78, 5) is 36.9. The van der Waals surface area contributed by atoms with E-state index in [0.29, 0.717) is 0 Å². The van der Waals surface area contributed by atoms with Crippen molar-refractivity contribution >= 4 is 18.0 Å². The smallest absolute Gasteiger partial charge is 0.417 e.